The molecule has 0 spiro atoms. The third-order valence-corrected chi connectivity index (χ3v) is 6.36. The van der Waals surface area contributed by atoms with E-state index in [1.807, 2.05) is 6.92 Å². The topological polar surface area (TPSA) is 37.3 Å². The van der Waals surface area contributed by atoms with Gasteiger partial charge in [0.15, 0.2) is 0 Å². The quantitative estimate of drug-likeness (QED) is 0.429. The van der Waals surface area contributed by atoms with Gasteiger partial charge in [-0.15, -0.1) is 0 Å². The average molecular weight is 453 g/mol. The zero-order valence-corrected chi connectivity index (χ0v) is 18.1. The second-order valence-electron chi connectivity index (χ2n) is 8.49. The first-order chi connectivity index (χ1) is 15.8. The fraction of sp³-hybridized carbons (Fsp3) is 0.308. The van der Waals surface area contributed by atoms with Gasteiger partial charge in [0.05, 0.1) is 17.3 Å². The van der Waals surface area contributed by atoms with E-state index in [-0.39, 0.29) is 23.1 Å². The number of hydrogen-bond donors (Lipinski definition) is 1. The van der Waals surface area contributed by atoms with Gasteiger partial charge < -0.3 is 5.32 Å². The number of aromatic nitrogens is 1. The fourth-order valence-electron chi connectivity index (χ4n) is 4.77. The lowest BCUT2D eigenvalue weighted by molar-refractivity contribution is -0.137. The van der Waals surface area contributed by atoms with Gasteiger partial charge in [-0.3, -0.25) is 9.98 Å². The van der Waals surface area contributed by atoms with Gasteiger partial charge in [-0.25, -0.2) is 4.39 Å². The predicted molar refractivity (Wildman–Crippen MR) is 121 cm³/mol. The minimum atomic E-state index is -4.48. The van der Waals surface area contributed by atoms with Crippen molar-refractivity contribution in [1.82, 2.24) is 4.98 Å². The molecule has 1 aromatic heterocycles. The third-order valence-electron chi connectivity index (χ3n) is 6.36. The number of amidine groups is 1. The molecule has 3 aromatic rings. The molecule has 1 aliphatic heterocycles. The number of alkyl halides is 3. The number of halogens is 4. The lowest BCUT2D eigenvalue weighted by atomic mass is 9.92. The largest absolute Gasteiger partial charge is 0.417 e. The standard InChI is InChI=1S/C26H23F4N3/c1-2-21-16-12-11-15(27)13-19(16)25(32-21)33-24-14-23(31-22-10-6-4-8-18(22)24)17-7-3-5-9-20(17)26(28,29)30/h3,5,7,9,11-14,21H,2,4,6,8,10H2,1H3,(H,31,32,33). The van der Waals surface area contributed by atoms with Crippen molar-refractivity contribution in [3.63, 3.8) is 0 Å². The molecule has 33 heavy (non-hydrogen) atoms. The van der Waals surface area contributed by atoms with Crippen molar-refractivity contribution in [3.8, 4) is 11.3 Å². The minimum absolute atomic E-state index is 0.0488. The van der Waals surface area contributed by atoms with E-state index in [4.69, 9.17) is 4.99 Å². The Kier molecular flexibility index (Phi) is 5.43. The van der Waals surface area contributed by atoms with Gasteiger partial charge in [-0.1, -0.05) is 31.2 Å². The van der Waals surface area contributed by atoms with Gasteiger partial charge >= 0.3 is 6.18 Å². The molecule has 5 rings (SSSR count). The van der Waals surface area contributed by atoms with Gasteiger partial charge in [0.2, 0.25) is 0 Å². The maximum atomic E-state index is 14.0. The molecule has 7 heteroatoms. The first-order valence-corrected chi connectivity index (χ1v) is 11.2. The molecule has 0 bridgehead atoms. The molecule has 0 fully saturated rings. The number of rotatable bonds is 3. The highest BCUT2D eigenvalue weighted by atomic mass is 19.4. The molecule has 0 saturated heterocycles. The summed E-state index contributed by atoms with van der Waals surface area (Å²) in [7, 11) is 0. The van der Waals surface area contributed by atoms with Crippen LogP contribution in [0.4, 0.5) is 23.2 Å². The van der Waals surface area contributed by atoms with Crippen LogP contribution in [0.15, 0.2) is 53.5 Å². The highest BCUT2D eigenvalue weighted by Crippen LogP contribution is 2.39. The van der Waals surface area contributed by atoms with Crippen LogP contribution in [-0.4, -0.2) is 10.8 Å². The summed E-state index contributed by atoms with van der Waals surface area (Å²) in [5.41, 5.74) is 3.75. The van der Waals surface area contributed by atoms with Crippen LogP contribution in [0.3, 0.4) is 0 Å². The molecule has 2 aliphatic rings. The molecule has 1 aliphatic carbocycles. The summed E-state index contributed by atoms with van der Waals surface area (Å²) < 4.78 is 55.1. The second kappa shape index (κ2) is 8.28. The molecule has 2 heterocycles. The number of aliphatic imine (C=N–C) groups is 1. The fourth-order valence-corrected chi connectivity index (χ4v) is 4.77. The van der Waals surface area contributed by atoms with Crippen LogP contribution in [0, 0.1) is 5.82 Å². The van der Waals surface area contributed by atoms with Gasteiger partial charge in [0.25, 0.3) is 0 Å². The van der Waals surface area contributed by atoms with Crippen LogP contribution in [0.5, 0.6) is 0 Å². The van der Waals surface area contributed by atoms with Crippen LogP contribution < -0.4 is 5.32 Å². The monoisotopic (exact) mass is 453 g/mol. The van der Waals surface area contributed by atoms with E-state index in [1.54, 1.807) is 18.2 Å². The van der Waals surface area contributed by atoms with Crippen LogP contribution in [0.1, 0.15) is 60.2 Å². The number of pyridine rings is 1. The Hall–Kier alpha value is -3.22. The summed E-state index contributed by atoms with van der Waals surface area (Å²) in [5, 5.41) is 3.35. The van der Waals surface area contributed by atoms with E-state index in [1.165, 1.54) is 24.3 Å². The normalized spacial score (nSPS) is 17.4. The number of hydrogen-bond acceptors (Lipinski definition) is 3. The van der Waals surface area contributed by atoms with Crippen molar-refractivity contribution in [2.75, 3.05) is 5.32 Å². The van der Waals surface area contributed by atoms with Crippen molar-refractivity contribution >= 4 is 11.5 Å². The SMILES string of the molecule is CCC1N=C(Nc2cc(-c3ccccc3C(F)(F)F)nc3c2CCCC3)c2cc(F)ccc21. The Balaban J connectivity index is 1.62. The van der Waals surface area contributed by atoms with Crippen LogP contribution >= 0.6 is 0 Å². The van der Waals surface area contributed by atoms with Gasteiger partial charge in [-0.05, 0) is 67.5 Å². The molecule has 1 atom stereocenters. The van der Waals surface area contributed by atoms with Crippen LogP contribution in [0.25, 0.3) is 11.3 Å². The molecule has 2 aromatic carbocycles. The molecule has 1 unspecified atom stereocenters. The number of anilines is 1. The van der Waals surface area contributed by atoms with E-state index in [9.17, 15) is 17.6 Å². The number of nitrogens with one attached hydrogen (secondary N) is 1. The maximum Gasteiger partial charge on any atom is 0.417 e. The lowest BCUT2D eigenvalue weighted by Crippen LogP contribution is -2.17. The van der Waals surface area contributed by atoms with Gasteiger partial charge in [-0.2, -0.15) is 13.2 Å². The highest BCUT2D eigenvalue weighted by Gasteiger charge is 2.34. The van der Waals surface area contributed by atoms with E-state index in [0.29, 0.717) is 23.5 Å². The summed E-state index contributed by atoms with van der Waals surface area (Å²) in [6, 6.07) is 11.7. The maximum absolute atomic E-state index is 14.0. The van der Waals surface area contributed by atoms with Crippen LogP contribution in [-0.2, 0) is 19.0 Å². The second-order valence-corrected chi connectivity index (χ2v) is 8.49. The minimum Gasteiger partial charge on any atom is -0.340 e. The zero-order chi connectivity index (χ0) is 23.2. The highest BCUT2D eigenvalue weighted by molar-refractivity contribution is 6.11. The first-order valence-electron chi connectivity index (χ1n) is 11.2. The smallest absolute Gasteiger partial charge is 0.340 e. The van der Waals surface area contributed by atoms with E-state index in [2.05, 4.69) is 10.3 Å². The number of fused-ring (bicyclic) bond motifs is 2. The Labute approximate surface area is 189 Å². The lowest BCUT2D eigenvalue weighted by Gasteiger charge is -2.22. The van der Waals surface area contributed by atoms with E-state index in [0.717, 1.165) is 48.6 Å². The molecule has 1 N–H and O–H groups in total. The first kappa shape index (κ1) is 21.6. The summed E-state index contributed by atoms with van der Waals surface area (Å²) >= 11 is 0. The Morgan fingerprint density at radius 2 is 1.79 bits per heavy atom. The molecular weight excluding hydrogens is 430 g/mol. The molecule has 170 valence electrons. The van der Waals surface area contributed by atoms with Crippen molar-refractivity contribution in [2.24, 2.45) is 4.99 Å². The van der Waals surface area contributed by atoms with Gasteiger partial charge in [0, 0.05) is 22.5 Å². The molecule has 0 radical (unpaired) electrons. The van der Waals surface area contributed by atoms with Crippen LogP contribution in [0.2, 0.25) is 0 Å². The Bertz CT molecular complexity index is 1250. The van der Waals surface area contributed by atoms with Crippen molar-refractivity contribution in [2.45, 2.75) is 51.2 Å². The average Bonchev–Trinajstić information content (AvgIpc) is 3.15. The third kappa shape index (κ3) is 4.01. The van der Waals surface area contributed by atoms with Crippen molar-refractivity contribution in [3.05, 3.63) is 82.3 Å². The van der Waals surface area contributed by atoms with E-state index >= 15 is 0 Å². The predicted octanol–water partition coefficient (Wildman–Crippen LogP) is 7.11. The number of benzene rings is 2. The Morgan fingerprint density at radius 3 is 2.58 bits per heavy atom. The number of aryl methyl sites for hydroxylation is 1. The Morgan fingerprint density at radius 1 is 1.00 bits per heavy atom. The molecule has 0 saturated carbocycles. The van der Waals surface area contributed by atoms with Gasteiger partial charge in [0.1, 0.15) is 11.7 Å². The summed E-state index contributed by atoms with van der Waals surface area (Å²) in [4.78, 5) is 9.40. The van der Waals surface area contributed by atoms with Crippen molar-refractivity contribution < 1.29 is 17.6 Å². The molecular formula is C26H23F4N3. The zero-order valence-electron chi connectivity index (χ0n) is 18.1. The summed E-state index contributed by atoms with van der Waals surface area (Å²) in [5.74, 6) is 0.196. The van der Waals surface area contributed by atoms with Crippen molar-refractivity contribution in [1.29, 1.82) is 0 Å². The van der Waals surface area contributed by atoms with E-state index < -0.39 is 11.7 Å². The number of nitrogens with zero attached hydrogens (tertiary/aromatic N) is 2. The summed E-state index contributed by atoms with van der Waals surface area (Å²) in [6.07, 6.45) is -0.300. The summed E-state index contributed by atoms with van der Waals surface area (Å²) in [6.45, 7) is 2.02. The molecule has 3 nitrogen and oxygen atoms in total. The molecule has 0 amide bonds.